The van der Waals surface area contributed by atoms with Gasteiger partial charge in [-0.25, -0.2) is 0 Å². The highest BCUT2D eigenvalue weighted by molar-refractivity contribution is 8.00. The van der Waals surface area contributed by atoms with Gasteiger partial charge in [0.2, 0.25) is 0 Å². The lowest BCUT2D eigenvalue weighted by molar-refractivity contribution is -0.140. The summed E-state index contributed by atoms with van der Waals surface area (Å²) in [5, 5.41) is 0.0453. The lowest BCUT2D eigenvalue weighted by Crippen LogP contribution is -2.20. The normalized spacial score (nSPS) is 14.7. The van der Waals surface area contributed by atoms with E-state index in [9.17, 15) is 4.79 Å². The minimum absolute atomic E-state index is 0.0453. The molecule has 0 aromatic heterocycles. The summed E-state index contributed by atoms with van der Waals surface area (Å²) in [6.45, 7) is 6.55. The van der Waals surface area contributed by atoms with Crippen LogP contribution >= 0.6 is 11.8 Å². The molecule has 0 aromatic rings. The Labute approximate surface area is 98.2 Å². The number of hydrogen-bond acceptors (Lipinski definition) is 3. The third-order valence-corrected chi connectivity index (χ3v) is 4.15. The van der Waals surface area contributed by atoms with Crippen molar-refractivity contribution in [2.24, 2.45) is 5.92 Å². The van der Waals surface area contributed by atoms with Crippen LogP contribution in [0.5, 0.6) is 0 Å². The third kappa shape index (κ3) is 6.82. The highest BCUT2D eigenvalue weighted by atomic mass is 32.2. The molecule has 0 amide bonds. The summed E-state index contributed by atoms with van der Waals surface area (Å²) in [4.78, 5) is 11.5. The van der Waals surface area contributed by atoms with E-state index in [2.05, 4.69) is 20.8 Å². The minimum atomic E-state index is -0.0586. The number of ether oxygens (including phenoxy) is 1. The number of thioether (sulfide) groups is 1. The molecule has 0 aliphatic heterocycles. The Kier molecular flexibility index (Phi) is 8.97. The first-order chi connectivity index (χ1) is 7.15. The number of carbonyl (C=O) groups is 1. The molecule has 0 aliphatic rings. The summed E-state index contributed by atoms with van der Waals surface area (Å²) in [5.74, 6) is 1.68. The lowest BCUT2D eigenvalue weighted by atomic mass is 10.2. The monoisotopic (exact) mass is 232 g/mol. The average molecular weight is 232 g/mol. The smallest absolute Gasteiger partial charge is 0.318 e. The number of unbranched alkanes of at least 4 members (excludes halogenated alkanes) is 1. The van der Waals surface area contributed by atoms with Crippen molar-refractivity contribution in [2.75, 3.05) is 12.9 Å². The van der Waals surface area contributed by atoms with Crippen molar-refractivity contribution in [3.8, 4) is 0 Å². The molecule has 0 rings (SSSR count). The summed E-state index contributed by atoms with van der Waals surface area (Å²) in [6.07, 6.45) is 4.36. The molecule has 0 saturated carbocycles. The second-order valence-corrected chi connectivity index (χ2v) is 5.24. The first-order valence-electron chi connectivity index (χ1n) is 5.85. The molecule has 2 atom stereocenters. The van der Waals surface area contributed by atoms with Crippen LogP contribution in [0, 0.1) is 5.92 Å². The molecule has 2 unspecified atom stereocenters. The Hall–Kier alpha value is -0.180. The number of esters is 1. The van der Waals surface area contributed by atoms with Gasteiger partial charge >= 0.3 is 5.97 Å². The van der Waals surface area contributed by atoms with E-state index < -0.39 is 0 Å². The van der Waals surface area contributed by atoms with Crippen LogP contribution in [0.3, 0.4) is 0 Å². The SMILES string of the molecule is CCCCC(SCC(C)CC)C(=O)OC. The van der Waals surface area contributed by atoms with Crippen molar-refractivity contribution in [3.05, 3.63) is 0 Å². The Morgan fingerprint density at radius 3 is 2.53 bits per heavy atom. The number of hydrogen-bond donors (Lipinski definition) is 0. The van der Waals surface area contributed by atoms with E-state index >= 15 is 0 Å². The van der Waals surface area contributed by atoms with Crippen molar-refractivity contribution in [3.63, 3.8) is 0 Å². The van der Waals surface area contributed by atoms with E-state index in [-0.39, 0.29) is 11.2 Å². The molecule has 15 heavy (non-hydrogen) atoms. The molecule has 0 saturated heterocycles. The van der Waals surface area contributed by atoms with Gasteiger partial charge in [-0.2, -0.15) is 0 Å². The highest BCUT2D eigenvalue weighted by Crippen LogP contribution is 2.22. The molecule has 0 aromatic carbocycles. The van der Waals surface area contributed by atoms with E-state index in [1.807, 2.05) is 0 Å². The zero-order valence-corrected chi connectivity index (χ0v) is 11.2. The van der Waals surface area contributed by atoms with Crippen LogP contribution in [0.15, 0.2) is 0 Å². The number of rotatable bonds is 8. The first-order valence-corrected chi connectivity index (χ1v) is 6.89. The minimum Gasteiger partial charge on any atom is -0.468 e. The molecule has 0 bridgehead atoms. The molecular formula is C12H24O2S. The molecule has 3 heteroatoms. The van der Waals surface area contributed by atoms with E-state index in [0.29, 0.717) is 5.92 Å². The standard InChI is InChI=1S/C12H24O2S/c1-5-7-8-11(12(13)14-4)15-9-10(3)6-2/h10-11H,5-9H2,1-4H3. The molecule has 90 valence electrons. The van der Waals surface area contributed by atoms with E-state index in [1.165, 1.54) is 13.5 Å². The fraction of sp³-hybridized carbons (Fsp3) is 0.917. The van der Waals surface area contributed by atoms with Crippen LogP contribution in [0.4, 0.5) is 0 Å². The van der Waals surface area contributed by atoms with Crippen molar-refractivity contribution < 1.29 is 9.53 Å². The maximum absolute atomic E-state index is 11.5. The number of methoxy groups -OCH3 is 1. The van der Waals surface area contributed by atoms with E-state index in [1.54, 1.807) is 11.8 Å². The second kappa shape index (κ2) is 9.08. The maximum Gasteiger partial charge on any atom is 0.318 e. The van der Waals surface area contributed by atoms with Crippen molar-refractivity contribution >= 4 is 17.7 Å². The molecule has 2 nitrogen and oxygen atoms in total. The summed E-state index contributed by atoms with van der Waals surface area (Å²) in [7, 11) is 1.48. The van der Waals surface area contributed by atoms with Crippen LogP contribution in [-0.4, -0.2) is 24.1 Å². The highest BCUT2D eigenvalue weighted by Gasteiger charge is 2.19. The van der Waals surface area contributed by atoms with Gasteiger partial charge in [0.25, 0.3) is 0 Å². The van der Waals surface area contributed by atoms with Crippen molar-refractivity contribution in [2.45, 2.75) is 51.7 Å². The summed E-state index contributed by atoms with van der Waals surface area (Å²) in [6, 6.07) is 0. The average Bonchev–Trinajstić information content (AvgIpc) is 2.27. The lowest BCUT2D eigenvalue weighted by Gasteiger charge is -2.16. The van der Waals surface area contributed by atoms with E-state index in [4.69, 9.17) is 4.74 Å². The molecule has 0 aliphatic carbocycles. The summed E-state index contributed by atoms with van der Waals surface area (Å²) < 4.78 is 4.82. The zero-order valence-electron chi connectivity index (χ0n) is 10.4. The van der Waals surface area contributed by atoms with Gasteiger partial charge in [0, 0.05) is 0 Å². The zero-order chi connectivity index (χ0) is 11.7. The van der Waals surface area contributed by atoms with Gasteiger partial charge in [-0.1, -0.05) is 40.0 Å². The molecular weight excluding hydrogens is 208 g/mol. The van der Waals surface area contributed by atoms with Gasteiger partial charge in [-0.3, -0.25) is 4.79 Å². The largest absolute Gasteiger partial charge is 0.468 e. The number of carbonyl (C=O) groups excluding carboxylic acids is 1. The van der Waals surface area contributed by atoms with Gasteiger partial charge in [0.15, 0.2) is 0 Å². The van der Waals surface area contributed by atoms with Gasteiger partial charge in [0.1, 0.15) is 5.25 Å². The van der Waals surface area contributed by atoms with Crippen LogP contribution in [0.25, 0.3) is 0 Å². The molecule has 0 heterocycles. The predicted molar refractivity (Wildman–Crippen MR) is 67.2 cm³/mol. The Morgan fingerprint density at radius 2 is 2.07 bits per heavy atom. The summed E-state index contributed by atoms with van der Waals surface area (Å²) in [5.41, 5.74) is 0. The van der Waals surface area contributed by atoms with Gasteiger partial charge in [-0.05, 0) is 18.1 Å². The van der Waals surface area contributed by atoms with Crippen molar-refractivity contribution in [1.29, 1.82) is 0 Å². The first kappa shape index (κ1) is 14.8. The molecule has 0 N–H and O–H groups in total. The topological polar surface area (TPSA) is 26.3 Å². The van der Waals surface area contributed by atoms with Gasteiger partial charge in [0.05, 0.1) is 7.11 Å². The predicted octanol–water partition coefficient (Wildman–Crippen LogP) is 3.50. The van der Waals surface area contributed by atoms with Crippen LogP contribution in [-0.2, 0) is 9.53 Å². The second-order valence-electron chi connectivity index (χ2n) is 4.00. The summed E-state index contributed by atoms with van der Waals surface area (Å²) >= 11 is 1.75. The Bertz CT molecular complexity index is 171. The maximum atomic E-state index is 11.5. The van der Waals surface area contributed by atoms with Crippen LogP contribution in [0.2, 0.25) is 0 Å². The van der Waals surface area contributed by atoms with E-state index in [0.717, 1.165) is 25.0 Å². The van der Waals surface area contributed by atoms with Crippen LogP contribution in [0.1, 0.15) is 46.5 Å². The fourth-order valence-corrected chi connectivity index (χ4v) is 2.55. The fourth-order valence-electron chi connectivity index (χ4n) is 1.19. The Morgan fingerprint density at radius 1 is 1.40 bits per heavy atom. The quantitative estimate of drug-likeness (QED) is 0.599. The van der Waals surface area contributed by atoms with Crippen molar-refractivity contribution in [1.82, 2.24) is 0 Å². The Balaban J connectivity index is 3.95. The molecule has 0 radical (unpaired) electrons. The van der Waals surface area contributed by atoms with Gasteiger partial charge < -0.3 is 4.74 Å². The molecule has 0 spiro atoms. The van der Waals surface area contributed by atoms with Gasteiger partial charge in [-0.15, -0.1) is 11.8 Å². The third-order valence-electron chi connectivity index (χ3n) is 2.56. The van der Waals surface area contributed by atoms with Crippen LogP contribution < -0.4 is 0 Å². The molecule has 0 fully saturated rings.